The highest BCUT2D eigenvalue weighted by molar-refractivity contribution is 6.29. The van der Waals surface area contributed by atoms with Gasteiger partial charge in [0.1, 0.15) is 11.0 Å². The Hall–Kier alpha value is -1.04. The second-order valence-electron chi connectivity index (χ2n) is 5.26. The minimum Gasteiger partial charge on any atom is -0.367 e. The molecule has 112 valence electrons. The van der Waals surface area contributed by atoms with E-state index in [9.17, 15) is 13.2 Å². The Kier molecular flexibility index (Phi) is 4.73. The van der Waals surface area contributed by atoms with E-state index in [0.29, 0.717) is 5.92 Å². The predicted octanol–water partition coefficient (Wildman–Crippen LogP) is 4.53. The maximum Gasteiger partial charge on any atom is 0.451 e. The number of alkyl halides is 3. The summed E-state index contributed by atoms with van der Waals surface area (Å²) in [5, 5.41) is 2.89. The first kappa shape index (κ1) is 15.4. The Morgan fingerprint density at radius 1 is 1.20 bits per heavy atom. The molecule has 1 saturated carbocycles. The van der Waals surface area contributed by atoms with Crippen molar-refractivity contribution in [2.75, 3.05) is 5.32 Å². The average Bonchev–Trinajstić information content (AvgIpc) is 2.53. The van der Waals surface area contributed by atoms with Crippen LogP contribution in [0.5, 0.6) is 0 Å². The highest BCUT2D eigenvalue weighted by Crippen LogP contribution is 2.30. The van der Waals surface area contributed by atoms with E-state index in [1.807, 2.05) is 0 Å². The molecule has 0 aliphatic heterocycles. The molecular weight excluding hydrogens is 291 g/mol. The third-order valence-corrected chi connectivity index (χ3v) is 3.84. The summed E-state index contributed by atoms with van der Waals surface area (Å²) in [5.41, 5.74) is 0. The maximum atomic E-state index is 12.7. The number of hydrogen-bond donors (Lipinski definition) is 1. The average molecular weight is 308 g/mol. The Morgan fingerprint density at radius 2 is 1.90 bits per heavy atom. The first-order chi connectivity index (χ1) is 9.36. The molecule has 1 aromatic heterocycles. The van der Waals surface area contributed by atoms with Crippen molar-refractivity contribution in [1.29, 1.82) is 0 Å². The van der Waals surface area contributed by atoms with Crippen molar-refractivity contribution >= 4 is 17.4 Å². The van der Waals surface area contributed by atoms with E-state index in [1.165, 1.54) is 12.5 Å². The molecule has 0 bridgehead atoms. The molecule has 0 spiro atoms. The second-order valence-corrected chi connectivity index (χ2v) is 5.65. The van der Waals surface area contributed by atoms with E-state index < -0.39 is 12.0 Å². The Morgan fingerprint density at radius 3 is 2.60 bits per heavy atom. The van der Waals surface area contributed by atoms with E-state index in [2.05, 4.69) is 22.2 Å². The lowest BCUT2D eigenvalue weighted by molar-refractivity contribution is -0.144. The summed E-state index contributed by atoms with van der Waals surface area (Å²) in [7, 11) is 0. The zero-order valence-electron chi connectivity index (χ0n) is 11.2. The summed E-state index contributed by atoms with van der Waals surface area (Å²) in [5.74, 6) is -0.648. The van der Waals surface area contributed by atoms with Crippen molar-refractivity contribution in [3.63, 3.8) is 0 Å². The molecule has 0 saturated heterocycles. The fourth-order valence-corrected chi connectivity index (χ4v) is 2.70. The van der Waals surface area contributed by atoms with Crippen LogP contribution in [0.25, 0.3) is 0 Å². The van der Waals surface area contributed by atoms with Crippen LogP contribution in [-0.4, -0.2) is 16.0 Å². The summed E-state index contributed by atoms with van der Waals surface area (Å²) in [6.07, 6.45) is 0.828. The summed E-state index contributed by atoms with van der Waals surface area (Å²) in [6.45, 7) is 2.11. The van der Waals surface area contributed by atoms with Gasteiger partial charge in [-0.05, 0) is 18.8 Å². The van der Waals surface area contributed by atoms with Crippen molar-refractivity contribution in [1.82, 2.24) is 9.97 Å². The smallest absolute Gasteiger partial charge is 0.367 e. The standard InChI is InChI=1S/C13H17ClF3N3/c1-8-5-3-2-4-6-9(8)18-11-7-10(14)19-12(20-11)13(15,16)17/h7-9H,2-6H2,1H3,(H,18,19,20). The normalized spacial score (nSPS) is 24.2. The number of halogens is 4. The van der Waals surface area contributed by atoms with Crippen LogP contribution in [0, 0.1) is 5.92 Å². The van der Waals surface area contributed by atoms with Crippen molar-refractivity contribution in [2.45, 2.75) is 51.2 Å². The Balaban J connectivity index is 2.18. The van der Waals surface area contributed by atoms with Gasteiger partial charge in [-0.2, -0.15) is 13.2 Å². The van der Waals surface area contributed by atoms with Crippen LogP contribution in [0.15, 0.2) is 6.07 Å². The molecular formula is C13H17ClF3N3. The lowest BCUT2D eigenvalue weighted by atomic mass is 9.97. The number of hydrogen-bond acceptors (Lipinski definition) is 3. The van der Waals surface area contributed by atoms with Gasteiger partial charge in [0.15, 0.2) is 0 Å². The molecule has 3 nitrogen and oxygen atoms in total. The number of anilines is 1. The molecule has 1 N–H and O–H groups in total. The third kappa shape index (κ3) is 3.98. The van der Waals surface area contributed by atoms with Gasteiger partial charge in [-0.1, -0.05) is 37.8 Å². The first-order valence-corrected chi connectivity index (χ1v) is 7.12. The number of nitrogens with one attached hydrogen (secondary N) is 1. The Labute approximate surface area is 120 Å². The minimum absolute atomic E-state index is 0.129. The topological polar surface area (TPSA) is 37.8 Å². The van der Waals surface area contributed by atoms with Crippen LogP contribution in [-0.2, 0) is 6.18 Å². The van der Waals surface area contributed by atoms with Crippen molar-refractivity contribution in [3.8, 4) is 0 Å². The van der Waals surface area contributed by atoms with Crippen molar-refractivity contribution in [2.24, 2.45) is 5.92 Å². The van der Waals surface area contributed by atoms with Crippen LogP contribution in [0.2, 0.25) is 5.15 Å². The van der Waals surface area contributed by atoms with Crippen LogP contribution < -0.4 is 5.32 Å². The molecule has 2 unspecified atom stereocenters. The van der Waals surface area contributed by atoms with Crippen molar-refractivity contribution in [3.05, 3.63) is 17.0 Å². The largest absolute Gasteiger partial charge is 0.451 e. The molecule has 0 radical (unpaired) electrons. The summed E-state index contributed by atoms with van der Waals surface area (Å²) in [6, 6.07) is 1.47. The third-order valence-electron chi connectivity index (χ3n) is 3.64. The molecule has 1 aromatic rings. The van der Waals surface area contributed by atoms with E-state index in [1.54, 1.807) is 0 Å². The van der Waals surface area contributed by atoms with Gasteiger partial charge in [0.05, 0.1) is 0 Å². The van der Waals surface area contributed by atoms with E-state index in [-0.39, 0.29) is 17.0 Å². The van der Waals surface area contributed by atoms with Gasteiger partial charge in [0.25, 0.3) is 0 Å². The first-order valence-electron chi connectivity index (χ1n) is 6.74. The van der Waals surface area contributed by atoms with Crippen LogP contribution in [0.3, 0.4) is 0 Å². The molecule has 1 fully saturated rings. The zero-order chi connectivity index (χ0) is 14.8. The van der Waals surface area contributed by atoms with Gasteiger partial charge >= 0.3 is 6.18 Å². The van der Waals surface area contributed by atoms with Crippen LogP contribution in [0.1, 0.15) is 44.9 Å². The van der Waals surface area contributed by atoms with Crippen molar-refractivity contribution < 1.29 is 13.2 Å². The molecule has 7 heteroatoms. The molecule has 1 heterocycles. The molecule has 20 heavy (non-hydrogen) atoms. The molecule has 0 amide bonds. The van der Waals surface area contributed by atoms with Gasteiger partial charge in [0.2, 0.25) is 5.82 Å². The van der Waals surface area contributed by atoms with Gasteiger partial charge < -0.3 is 5.32 Å². The molecule has 1 aliphatic rings. The number of rotatable bonds is 2. The maximum absolute atomic E-state index is 12.7. The van der Waals surface area contributed by atoms with E-state index in [4.69, 9.17) is 11.6 Å². The lowest BCUT2D eigenvalue weighted by Crippen LogP contribution is -2.27. The molecule has 2 atom stereocenters. The van der Waals surface area contributed by atoms with E-state index >= 15 is 0 Å². The highest BCUT2D eigenvalue weighted by atomic mass is 35.5. The SMILES string of the molecule is CC1CCCCCC1Nc1cc(Cl)nc(C(F)(F)F)n1. The highest BCUT2D eigenvalue weighted by Gasteiger charge is 2.35. The van der Waals surface area contributed by atoms with Gasteiger partial charge in [0, 0.05) is 12.1 Å². The van der Waals surface area contributed by atoms with Gasteiger partial charge in [-0.15, -0.1) is 0 Å². The Bertz CT molecular complexity index is 465. The van der Waals surface area contributed by atoms with E-state index in [0.717, 1.165) is 25.7 Å². The van der Waals surface area contributed by atoms with Gasteiger partial charge in [-0.3, -0.25) is 0 Å². The second kappa shape index (κ2) is 6.16. The predicted molar refractivity (Wildman–Crippen MR) is 71.7 cm³/mol. The molecule has 2 rings (SSSR count). The monoisotopic (exact) mass is 307 g/mol. The fraction of sp³-hybridized carbons (Fsp3) is 0.692. The summed E-state index contributed by atoms with van der Waals surface area (Å²) in [4.78, 5) is 6.76. The fourth-order valence-electron chi connectivity index (χ4n) is 2.52. The zero-order valence-corrected chi connectivity index (χ0v) is 11.9. The summed E-state index contributed by atoms with van der Waals surface area (Å²) < 4.78 is 38.0. The number of aromatic nitrogens is 2. The van der Waals surface area contributed by atoms with Gasteiger partial charge in [-0.25, -0.2) is 9.97 Å². The quantitative estimate of drug-likeness (QED) is 0.644. The summed E-state index contributed by atoms with van der Waals surface area (Å²) >= 11 is 5.65. The molecule has 0 aromatic carbocycles. The minimum atomic E-state index is -4.59. The lowest BCUT2D eigenvalue weighted by Gasteiger charge is -2.23. The molecule has 1 aliphatic carbocycles. The number of nitrogens with zero attached hydrogens (tertiary/aromatic N) is 2. The van der Waals surface area contributed by atoms with Crippen LogP contribution >= 0.6 is 11.6 Å². The van der Waals surface area contributed by atoms with Crippen LogP contribution in [0.4, 0.5) is 19.0 Å².